The number of anilines is 1. The van der Waals surface area contributed by atoms with Crippen molar-refractivity contribution in [2.75, 3.05) is 10.7 Å². The lowest BCUT2D eigenvalue weighted by molar-refractivity contribution is -0.286. The number of fused-ring (bicyclic) bond motifs is 2. The number of rotatable bonds is 3. The highest BCUT2D eigenvalue weighted by molar-refractivity contribution is 7.91. The van der Waals surface area contributed by atoms with Gasteiger partial charge in [0.05, 0.1) is 17.9 Å². The third-order valence-corrected chi connectivity index (χ3v) is 6.29. The fraction of sp³-hybridized carbons (Fsp3) is 0.294. The normalized spacial score (nSPS) is 17.4. The third kappa shape index (κ3) is 3.22. The van der Waals surface area contributed by atoms with E-state index in [0.717, 1.165) is 17.0 Å². The molecule has 0 spiro atoms. The minimum Gasteiger partial charge on any atom is -0.395 e. The molecule has 1 aromatic heterocycles. The summed E-state index contributed by atoms with van der Waals surface area (Å²) in [5.74, 6) is -2.56. The van der Waals surface area contributed by atoms with Crippen LogP contribution in [0.25, 0.3) is 0 Å². The summed E-state index contributed by atoms with van der Waals surface area (Å²) >= 11 is 0. The zero-order valence-electron chi connectivity index (χ0n) is 15.0. The molecule has 7 nitrogen and oxygen atoms in total. The van der Waals surface area contributed by atoms with Gasteiger partial charge >= 0.3 is 12.5 Å². The van der Waals surface area contributed by atoms with Gasteiger partial charge in [-0.2, -0.15) is 13.2 Å². The van der Waals surface area contributed by atoms with Gasteiger partial charge < -0.3 is 9.47 Å². The molecular formula is C17H11F5N2O5S. The van der Waals surface area contributed by atoms with Crippen LogP contribution >= 0.6 is 0 Å². The minimum absolute atomic E-state index is 0.0865. The first-order chi connectivity index (χ1) is 13.8. The number of amides is 1. The molecule has 1 amide bonds. The SMILES string of the molecule is CCS(=O)(=O)c1cc(C(F)(F)F)cnc1N1Cc2cc3c(cc2C1=O)OC(F)(F)O3. The van der Waals surface area contributed by atoms with Gasteiger partial charge in [-0.15, -0.1) is 8.78 Å². The van der Waals surface area contributed by atoms with E-state index in [1.807, 2.05) is 0 Å². The second kappa shape index (κ2) is 6.27. The van der Waals surface area contributed by atoms with Crippen molar-refractivity contribution in [1.82, 2.24) is 4.98 Å². The van der Waals surface area contributed by atoms with Crippen molar-refractivity contribution in [1.29, 1.82) is 0 Å². The zero-order chi connectivity index (χ0) is 22.1. The Morgan fingerprint density at radius 2 is 1.80 bits per heavy atom. The summed E-state index contributed by atoms with van der Waals surface area (Å²) < 4.78 is 99.0. The number of hydrogen-bond donors (Lipinski definition) is 0. The summed E-state index contributed by atoms with van der Waals surface area (Å²) in [6.45, 7) is 0.931. The Bertz CT molecular complexity index is 1180. The van der Waals surface area contributed by atoms with E-state index >= 15 is 0 Å². The number of hydrogen-bond acceptors (Lipinski definition) is 6. The van der Waals surface area contributed by atoms with Crippen LogP contribution in [0.1, 0.15) is 28.4 Å². The van der Waals surface area contributed by atoms with Gasteiger partial charge in [-0.1, -0.05) is 6.92 Å². The molecule has 13 heteroatoms. The van der Waals surface area contributed by atoms with Gasteiger partial charge in [0.15, 0.2) is 27.2 Å². The number of carbonyl (C=O) groups is 1. The van der Waals surface area contributed by atoms with Gasteiger partial charge in [0.2, 0.25) is 0 Å². The number of ether oxygens (including phenoxy) is 2. The molecule has 0 atom stereocenters. The molecule has 0 unspecified atom stereocenters. The van der Waals surface area contributed by atoms with Crippen LogP contribution in [0.2, 0.25) is 0 Å². The van der Waals surface area contributed by atoms with E-state index in [1.54, 1.807) is 0 Å². The standard InChI is InChI=1S/C17H11F5N2O5S/c1-2-30(26,27)13-4-9(16(18,19)20)6-23-14(13)24-7-8-3-11-12(5-10(8)15(24)25)29-17(21,22)28-11/h3-6H,2,7H2,1H3. The van der Waals surface area contributed by atoms with Gasteiger partial charge in [-0.3, -0.25) is 9.69 Å². The minimum atomic E-state index is -4.85. The van der Waals surface area contributed by atoms with E-state index in [4.69, 9.17) is 0 Å². The van der Waals surface area contributed by atoms with Crippen LogP contribution in [0.3, 0.4) is 0 Å². The molecule has 0 fully saturated rings. The highest BCUT2D eigenvalue weighted by Crippen LogP contribution is 2.45. The molecule has 4 rings (SSSR count). The lowest BCUT2D eigenvalue weighted by atomic mass is 10.1. The highest BCUT2D eigenvalue weighted by Gasteiger charge is 2.45. The second-order valence-corrected chi connectivity index (χ2v) is 8.71. The largest absolute Gasteiger partial charge is 0.586 e. The van der Waals surface area contributed by atoms with Gasteiger partial charge in [0, 0.05) is 11.8 Å². The van der Waals surface area contributed by atoms with E-state index in [0.29, 0.717) is 12.3 Å². The van der Waals surface area contributed by atoms with Crippen LogP contribution in [0.4, 0.5) is 27.8 Å². The number of nitrogens with zero attached hydrogens (tertiary/aromatic N) is 2. The maximum absolute atomic E-state index is 13.2. The number of benzene rings is 1. The molecule has 1 aromatic carbocycles. The second-order valence-electron chi connectivity index (χ2n) is 6.46. The monoisotopic (exact) mass is 450 g/mol. The molecule has 0 N–H and O–H groups in total. The molecule has 0 saturated heterocycles. The Hall–Kier alpha value is -2.96. The van der Waals surface area contributed by atoms with E-state index < -0.39 is 56.0 Å². The average Bonchev–Trinajstić information content (AvgIpc) is 3.12. The van der Waals surface area contributed by atoms with E-state index in [2.05, 4.69) is 14.5 Å². The molecule has 30 heavy (non-hydrogen) atoms. The fourth-order valence-electron chi connectivity index (χ4n) is 3.11. The summed E-state index contributed by atoms with van der Waals surface area (Å²) in [6.07, 6.45) is -8.31. The smallest absolute Gasteiger partial charge is 0.395 e. The number of aromatic nitrogens is 1. The van der Waals surface area contributed by atoms with Crippen LogP contribution in [-0.2, 0) is 22.6 Å². The summed E-state index contributed by atoms with van der Waals surface area (Å²) in [4.78, 5) is 16.5. The average molecular weight is 450 g/mol. The predicted molar refractivity (Wildman–Crippen MR) is 90.1 cm³/mol. The first kappa shape index (κ1) is 20.3. The number of sulfone groups is 1. The van der Waals surface area contributed by atoms with E-state index in [1.165, 1.54) is 6.92 Å². The molecule has 3 heterocycles. The first-order valence-electron chi connectivity index (χ1n) is 8.37. The fourth-order valence-corrected chi connectivity index (χ4v) is 4.16. The Labute approximate surface area is 165 Å². The molecule has 0 bridgehead atoms. The van der Waals surface area contributed by atoms with Gasteiger partial charge in [-0.05, 0) is 23.8 Å². The zero-order valence-corrected chi connectivity index (χ0v) is 15.8. The Balaban J connectivity index is 1.79. The molecule has 2 aliphatic heterocycles. The van der Waals surface area contributed by atoms with Crippen LogP contribution < -0.4 is 14.4 Å². The predicted octanol–water partition coefficient (Wildman–Crippen LogP) is 3.38. The summed E-state index contributed by atoms with van der Waals surface area (Å²) in [5.41, 5.74) is -1.18. The van der Waals surface area contributed by atoms with Gasteiger partial charge in [-0.25, -0.2) is 13.4 Å². The molecule has 160 valence electrons. The molecule has 2 aliphatic rings. The number of carbonyl (C=O) groups excluding carboxylic acids is 1. The van der Waals surface area contributed by atoms with Crippen LogP contribution in [0.5, 0.6) is 11.5 Å². The van der Waals surface area contributed by atoms with Crippen molar-refractivity contribution < 1.29 is 44.6 Å². The summed E-state index contributed by atoms with van der Waals surface area (Å²) in [6, 6.07) is 2.55. The number of pyridine rings is 1. The molecule has 0 radical (unpaired) electrons. The van der Waals surface area contributed by atoms with Crippen molar-refractivity contribution in [3.63, 3.8) is 0 Å². The lowest BCUT2D eigenvalue weighted by Gasteiger charge is -2.19. The first-order valence-corrected chi connectivity index (χ1v) is 10.0. The summed E-state index contributed by atoms with van der Waals surface area (Å²) in [7, 11) is -4.19. The van der Waals surface area contributed by atoms with Crippen molar-refractivity contribution in [2.45, 2.75) is 30.8 Å². The van der Waals surface area contributed by atoms with E-state index in [-0.39, 0.29) is 23.4 Å². The quantitative estimate of drug-likeness (QED) is 0.667. The van der Waals surface area contributed by atoms with Crippen LogP contribution in [-0.4, -0.2) is 31.4 Å². The number of alkyl halides is 5. The van der Waals surface area contributed by atoms with Crippen molar-refractivity contribution in [2.24, 2.45) is 0 Å². The number of halogens is 5. The van der Waals surface area contributed by atoms with Crippen molar-refractivity contribution in [3.8, 4) is 11.5 Å². The third-order valence-electron chi connectivity index (χ3n) is 4.56. The van der Waals surface area contributed by atoms with Gasteiger partial charge in [0.25, 0.3) is 5.91 Å². The maximum atomic E-state index is 13.2. The van der Waals surface area contributed by atoms with Gasteiger partial charge in [0.1, 0.15) is 4.90 Å². The molecule has 0 aliphatic carbocycles. The van der Waals surface area contributed by atoms with Crippen molar-refractivity contribution >= 4 is 21.6 Å². The van der Waals surface area contributed by atoms with Crippen LogP contribution in [0, 0.1) is 0 Å². The van der Waals surface area contributed by atoms with Crippen LogP contribution in [0.15, 0.2) is 29.3 Å². The Kier molecular flexibility index (Phi) is 4.24. The lowest BCUT2D eigenvalue weighted by Crippen LogP contribution is -2.27. The Morgan fingerprint density at radius 3 is 2.40 bits per heavy atom. The van der Waals surface area contributed by atoms with E-state index in [9.17, 15) is 35.2 Å². The molecule has 0 saturated carbocycles. The Morgan fingerprint density at radius 1 is 1.17 bits per heavy atom. The molecular weight excluding hydrogens is 439 g/mol. The maximum Gasteiger partial charge on any atom is 0.586 e. The highest BCUT2D eigenvalue weighted by atomic mass is 32.2. The topological polar surface area (TPSA) is 85.8 Å². The summed E-state index contributed by atoms with van der Waals surface area (Å²) in [5, 5.41) is 0. The molecule has 2 aromatic rings. The van der Waals surface area contributed by atoms with Crippen molar-refractivity contribution in [3.05, 3.63) is 41.1 Å².